The van der Waals surface area contributed by atoms with Crippen molar-refractivity contribution in [3.8, 4) is 0 Å². The SMILES string of the molecule is CC(C)C[C](CCc1ccccc1)CC1CCCCC1. The van der Waals surface area contributed by atoms with Crippen molar-refractivity contribution in [2.45, 2.75) is 71.6 Å². The molecule has 0 saturated heterocycles. The van der Waals surface area contributed by atoms with Gasteiger partial charge in [-0.25, -0.2) is 0 Å². The molecular formula is C20H31. The van der Waals surface area contributed by atoms with E-state index in [2.05, 4.69) is 44.2 Å². The second kappa shape index (κ2) is 8.49. The van der Waals surface area contributed by atoms with Crippen molar-refractivity contribution in [2.24, 2.45) is 11.8 Å². The fraction of sp³-hybridized carbons (Fsp3) is 0.650. The average molecular weight is 271 g/mol. The third-order valence-electron chi connectivity index (χ3n) is 4.61. The lowest BCUT2D eigenvalue weighted by molar-refractivity contribution is 0.329. The summed E-state index contributed by atoms with van der Waals surface area (Å²) >= 11 is 0. The molecule has 0 N–H and O–H groups in total. The second-order valence-electron chi connectivity index (χ2n) is 7.04. The zero-order valence-electron chi connectivity index (χ0n) is 13.4. The van der Waals surface area contributed by atoms with Crippen LogP contribution in [0.15, 0.2) is 30.3 Å². The number of aryl methyl sites for hydroxylation is 1. The van der Waals surface area contributed by atoms with Crippen LogP contribution in [0.1, 0.15) is 70.8 Å². The molecule has 111 valence electrons. The van der Waals surface area contributed by atoms with Gasteiger partial charge in [0.1, 0.15) is 0 Å². The molecule has 0 bridgehead atoms. The van der Waals surface area contributed by atoms with E-state index in [1.165, 1.54) is 63.4 Å². The molecule has 1 aromatic rings. The highest BCUT2D eigenvalue weighted by atomic mass is 14.3. The van der Waals surface area contributed by atoms with Crippen LogP contribution in [0.2, 0.25) is 0 Å². The smallest absolute Gasteiger partial charge is 0.0232 e. The third kappa shape index (κ3) is 5.69. The van der Waals surface area contributed by atoms with Crippen molar-refractivity contribution in [2.75, 3.05) is 0 Å². The molecule has 0 nitrogen and oxygen atoms in total. The first-order valence-electron chi connectivity index (χ1n) is 8.61. The number of rotatable bonds is 7. The van der Waals surface area contributed by atoms with Crippen LogP contribution in [0, 0.1) is 17.8 Å². The summed E-state index contributed by atoms with van der Waals surface area (Å²) in [5.41, 5.74) is 1.50. The highest BCUT2D eigenvalue weighted by molar-refractivity contribution is 5.15. The number of hydrogen-bond acceptors (Lipinski definition) is 0. The van der Waals surface area contributed by atoms with Gasteiger partial charge in [0.25, 0.3) is 0 Å². The topological polar surface area (TPSA) is 0 Å². The van der Waals surface area contributed by atoms with Crippen molar-refractivity contribution in [3.63, 3.8) is 0 Å². The second-order valence-corrected chi connectivity index (χ2v) is 7.04. The highest BCUT2D eigenvalue weighted by Crippen LogP contribution is 2.34. The molecule has 0 heterocycles. The molecule has 1 aromatic carbocycles. The van der Waals surface area contributed by atoms with Gasteiger partial charge in [-0.1, -0.05) is 76.3 Å². The molecule has 0 atom stereocenters. The first kappa shape index (κ1) is 15.6. The maximum Gasteiger partial charge on any atom is -0.0232 e. The van der Waals surface area contributed by atoms with E-state index in [0.29, 0.717) is 0 Å². The van der Waals surface area contributed by atoms with E-state index in [9.17, 15) is 0 Å². The summed E-state index contributed by atoms with van der Waals surface area (Å²) in [7, 11) is 0. The van der Waals surface area contributed by atoms with E-state index >= 15 is 0 Å². The molecule has 1 saturated carbocycles. The predicted octanol–water partition coefficient (Wildman–Crippen LogP) is 6.21. The van der Waals surface area contributed by atoms with E-state index < -0.39 is 0 Å². The van der Waals surface area contributed by atoms with Crippen LogP contribution in [0.3, 0.4) is 0 Å². The zero-order valence-corrected chi connectivity index (χ0v) is 13.4. The quantitative estimate of drug-likeness (QED) is 0.553. The largest absolute Gasteiger partial charge is 0.0628 e. The minimum absolute atomic E-state index is 0.810. The van der Waals surface area contributed by atoms with Gasteiger partial charge in [-0.05, 0) is 49.0 Å². The lowest BCUT2D eigenvalue weighted by Crippen LogP contribution is -2.13. The Hall–Kier alpha value is -0.780. The van der Waals surface area contributed by atoms with Crippen molar-refractivity contribution in [1.82, 2.24) is 0 Å². The summed E-state index contributed by atoms with van der Waals surface area (Å²) in [6.45, 7) is 4.73. The lowest BCUT2D eigenvalue weighted by Gasteiger charge is -2.27. The van der Waals surface area contributed by atoms with E-state index in [0.717, 1.165) is 11.8 Å². The van der Waals surface area contributed by atoms with Crippen molar-refractivity contribution in [3.05, 3.63) is 41.8 Å². The Bertz CT molecular complexity index is 346. The normalized spacial score (nSPS) is 17.0. The maximum atomic E-state index is 2.36. The van der Waals surface area contributed by atoms with Gasteiger partial charge in [0, 0.05) is 0 Å². The first-order chi connectivity index (χ1) is 9.74. The molecular weight excluding hydrogens is 240 g/mol. The van der Waals surface area contributed by atoms with Crippen LogP contribution < -0.4 is 0 Å². The van der Waals surface area contributed by atoms with E-state index in [1.54, 1.807) is 0 Å². The molecule has 20 heavy (non-hydrogen) atoms. The maximum absolute atomic E-state index is 2.36. The van der Waals surface area contributed by atoms with E-state index in [1.807, 2.05) is 5.92 Å². The molecule has 0 aromatic heterocycles. The average Bonchev–Trinajstić information content (AvgIpc) is 2.46. The van der Waals surface area contributed by atoms with Gasteiger partial charge in [-0.3, -0.25) is 0 Å². The highest BCUT2D eigenvalue weighted by Gasteiger charge is 2.20. The zero-order chi connectivity index (χ0) is 14.2. The van der Waals surface area contributed by atoms with Gasteiger partial charge in [0.2, 0.25) is 0 Å². The molecule has 0 unspecified atom stereocenters. The van der Waals surface area contributed by atoms with Crippen LogP contribution >= 0.6 is 0 Å². The lowest BCUT2D eigenvalue weighted by atomic mass is 9.78. The molecule has 0 aliphatic heterocycles. The van der Waals surface area contributed by atoms with Gasteiger partial charge in [-0.15, -0.1) is 0 Å². The Kier molecular flexibility index (Phi) is 6.63. The Morgan fingerprint density at radius 3 is 2.40 bits per heavy atom. The fourth-order valence-corrected chi connectivity index (χ4v) is 3.63. The van der Waals surface area contributed by atoms with Crippen molar-refractivity contribution >= 4 is 0 Å². The summed E-state index contributed by atoms with van der Waals surface area (Å²) in [6.07, 6.45) is 12.7. The molecule has 0 spiro atoms. The molecule has 1 fully saturated rings. The van der Waals surface area contributed by atoms with Crippen LogP contribution in [-0.2, 0) is 6.42 Å². The third-order valence-corrected chi connectivity index (χ3v) is 4.61. The molecule has 1 radical (unpaired) electrons. The first-order valence-corrected chi connectivity index (χ1v) is 8.61. The van der Waals surface area contributed by atoms with Gasteiger partial charge >= 0.3 is 0 Å². The van der Waals surface area contributed by atoms with Gasteiger partial charge in [0.05, 0.1) is 0 Å². The summed E-state index contributed by atoms with van der Waals surface area (Å²) in [4.78, 5) is 0. The number of benzene rings is 1. The summed E-state index contributed by atoms with van der Waals surface area (Å²) < 4.78 is 0. The standard InChI is InChI=1S/C20H31/c1-17(2)15-20(16-19-11-7-4-8-12-19)14-13-18-9-5-3-6-10-18/h3,5-6,9-10,17,19H,4,7-8,11-16H2,1-2H3. The molecule has 0 heteroatoms. The number of hydrogen-bond donors (Lipinski definition) is 0. The van der Waals surface area contributed by atoms with Crippen LogP contribution in [0.5, 0.6) is 0 Å². The van der Waals surface area contributed by atoms with Gasteiger partial charge < -0.3 is 0 Å². The molecule has 2 rings (SSSR count). The molecule has 1 aliphatic carbocycles. The van der Waals surface area contributed by atoms with Gasteiger partial charge in [-0.2, -0.15) is 0 Å². The minimum atomic E-state index is 0.810. The molecule has 1 aliphatic rings. The Labute approximate surface area is 126 Å². The Morgan fingerprint density at radius 1 is 1.05 bits per heavy atom. The van der Waals surface area contributed by atoms with E-state index in [-0.39, 0.29) is 0 Å². The molecule has 0 amide bonds. The van der Waals surface area contributed by atoms with Crippen LogP contribution in [-0.4, -0.2) is 0 Å². The Balaban J connectivity index is 1.82. The Morgan fingerprint density at radius 2 is 1.75 bits per heavy atom. The van der Waals surface area contributed by atoms with Gasteiger partial charge in [0.15, 0.2) is 0 Å². The summed E-state index contributed by atoms with van der Waals surface area (Å²) in [6, 6.07) is 11.0. The van der Waals surface area contributed by atoms with Crippen LogP contribution in [0.4, 0.5) is 0 Å². The van der Waals surface area contributed by atoms with Crippen LogP contribution in [0.25, 0.3) is 0 Å². The predicted molar refractivity (Wildman–Crippen MR) is 88.7 cm³/mol. The summed E-state index contributed by atoms with van der Waals surface area (Å²) in [5, 5.41) is 0. The van der Waals surface area contributed by atoms with Crippen molar-refractivity contribution < 1.29 is 0 Å². The fourth-order valence-electron chi connectivity index (χ4n) is 3.63. The van der Waals surface area contributed by atoms with Crippen molar-refractivity contribution in [1.29, 1.82) is 0 Å². The van der Waals surface area contributed by atoms with E-state index in [4.69, 9.17) is 0 Å². The monoisotopic (exact) mass is 271 g/mol. The summed E-state index contributed by atoms with van der Waals surface area (Å²) in [5.74, 6) is 3.63. The minimum Gasteiger partial charge on any atom is -0.0628 e.